The fourth-order valence-electron chi connectivity index (χ4n) is 3.01. The van der Waals surface area contributed by atoms with Gasteiger partial charge in [-0.1, -0.05) is 35.5 Å². The molecule has 1 amide bonds. The fraction of sp³-hybridized carbons (Fsp3) is 0.412. The number of amides is 1. The molecule has 1 aliphatic rings. The zero-order chi connectivity index (χ0) is 15.7. The monoisotopic (exact) mass is 300 g/mol. The summed E-state index contributed by atoms with van der Waals surface area (Å²) in [4.78, 5) is 14.3. The van der Waals surface area contributed by atoms with E-state index in [4.69, 9.17) is 4.52 Å². The minimum atomic E-state index is -0.922. The van der Waals surface area contributed by atoms with Gasteiger partial charge in [0.15, 0.2) is 0 Å². The molecule has 1 N–H and O–H groups in total. The van der Waals surface area contributed by atoms with E-state index in [2.05, 4.69) is 5.16 Å². The summed E-state index contributed by atoms with van der Waals surface area (Å²) in [5.74, 6) is 0.00862. The van der Waals surface area contributed by atoms with Gasteiger partial charge < -0.3 is 14.5 Å². The third-order valence-corrected chi connectivity index (χ3v) is 4.12. The van der Waals surface area contributed by atoms with E-state index in [0.29, 0.717) is 12.2 Å². The molecule has 0 bridgehead atoms. The summed E-state index contributed by atoms with van der Waals surface area (Å²) in [6.45, 7) is 4.10. The number of hydrogen-bond donors (Lipinski definition) is 1. The van der Waals surface area contributed by atoms with Crippen LogP contribution in [-0.2, 0) is 0 Å². The van der Waals surface area contributed by atoms with Crippen LogP contribution in [0.4, 0.5) is 0 Å². The van der Waals surface area contributed by atoms with Gasteiger partial charge >= 0.3 is 0 Å². The van der Waals surface area contributed by atoms with Crippen LogP contribution in [0.5, 0.6) is 0 Å². The van der Waals surface area contributed by atoms with E-state index in [-0.39, 0.29) is 17.7 Å². The molecule has 5 heteroatoms. The summed E-state index contributed by atoms with van der Waals surface area (Å²) in [7, 11) is 0. The highest BCUT2D eigenvalue weighted by atomic mass is 16.5. The van der Waals surface area contributed by atoms with Gasteiger partial charge in [0.1, 0.15) is 5.69 Å². The van der Waals surface area contributed by atoms with Crippen LogP contribution in [0.25, 0.3) is 11.3 Å². The normalized spacial score (nSPS) is 18.7. The Kier molecular flexibility index (Phi) is 3.74. The maximum atomic E-state index is 12.6. The molecule has 0 radical (unpaired) electrons. The molecule has 1 fully saturated rings. The summed E-state index contributed by atoms with van der Waals surface area (Å²) in [6.07, 6.45) is 1.69. The van der Waals surface area contributed by atoms with Crippen molar-refractivity contribution in [2.24, 2.45) is 0 Å². The van der Waals surface area contributed by atoms with E-state index in [1.165, 1.54) is 0 Å². The first-order chi connectivity index (χ1) is 10.5. The van der Waals surface area contributed by atoms with Gasteiger partial charge in [-0.05, 0) is 26.7 Å². The number of aliphatic hydroxyl groups is 1. The lowest BCUT2D eigenvalue weighted by Crippen LogP contribution is -2.48. The second kappa shape index (κ2) is 5.57. The van der Waals surface area contributed by atoms with Crippen molar-refractivity contribution in [3.8, 4) is 11.3 Å². The molecular weight excluding hydrogens is 280 g/mol. The van der Waals surface area contributed by atoms with Crippen LogP contribution in [0.15, 0.2) is 40.9 Å². The second-order valence-corrected chi connectivity index (χ2v) is 6.25. The number of aromatic nitrogens is 1. The number of carbonyl (C=O) groups excluding carboxylic acids is 1. The molecule has 22 heavy (non-hydrogen) atoms. The second-order valence-electron chi connectivity index (χ2n) is 6.25. The Morgan fingerprint density at radius 3 is 2.77 bits per heavy atom. The quantitative estimate of drug-likeness (QED) is 0.946. The summed E-state index contributed by atoms with van der Waals surface area (Å²) < 4.78 is 5.23. The van der Waals surface area contributed by atoms with Gasteiger partial charge in [0.25, 0.3) is 5.91 Å². The molecule has 5 nitrogen and oxygen atoms in total. The molecule has 1 aromatic heterocycles. The number of nitrogens with zero attached hydrogens (tertiary/aromatic N) is 2. The smallest absolute Gasteiger partial charge is 0.292 e. The van der Waals surface area contributed by atoms with E-state index in [1.807, 2.05) is 30.3 Å². The summed E-state index contributed by atoms with van der Waals surface area (Å²) in [5, 5.41) is 14.2. The van der Waals surface area contributed by atoms with Gasteiger partial charge in [0, 0.05) is 18.2 Å². The summed E-state index contributed by atoms with van der Waals surface area (Å²) in [6, 6.07) is 11.1. The molecule has 1 aromatic carbocycles. The summed E-state index contributed by atoms with van der Waals surface area (Å²) >= 11 is 0. The van der Waals surface area contributed by atoms with Crippen molar-refractivity contribution in [1.82, 2.24) is 10.1 Å². The standard InChI is InChI=1S/C17H20N2O3/c1-17(2,21)15-9-6-10-19(15)16(20)14-11-13(18-22-14)12-7-4-3-5-8-12/h3-5,7-8,11,15,21H,6,9-10H2,1-2H3. The number of benzene rings is 1. The SMILES string of the molecule is CC(C)(O)C1CCCN1C(=O)c1cc(-c2ccccc2)no1. The van der Waals surface area contributed by atoms with Gasteiger partial charge in [0.2, 0.25) is 5.76 Å². The molecular formula is C17H20N2O3. The molecule has 3 rings (SSSR count). The Morgan fingerprint density at radius 2 is 2.09 bits per heavy atom. The van der Waals surface area contributed by atoms with Crippen LogP contribution < -0.4 is 0 Å². The number of carbonyl (C=O) groups is 1. The van der Waals surface area contributed by atoms with E-state index < -0.39 is 5.60 Å². The van der Waals surface area contributed by atoms with Crippen molar-refractivity contribution < 1.29 is 14.4 Å². The molecule has 2 aromatic rings. The zero-order valence-electron chi connectivity index (χ0n) is 12.8. The summed E-state index contributed by atoms with van der Waals surface area (Å²) in [5.41, 5.74) is 0.628. The number of rotatable bonds is 3. The van der Waals surface area contributed by atoms with Crippen LogP contribution in [0.3, 0.4) is 0 Å². The lowest BCUT2D eigenvalue weighted by Gasteiger charge is -2.33. The van der Waals surface area contributed by atoms with Gasteiger partial charge in [-0.25, -0.2) is 0 Å². The average molecular weight is 300 g/mol. The van der Waals surface area contributed by atoms with E-state index >= 15 is 0 Å². The maximum absolute atomic E-state index is 12.6. The molecule has 0 aliphatic carbocycles. The molecule has 0 spiro atoms. The van der Waals surface area contributed by atoms with Gasteiger partial charge in [0.05, 0.1) is 11.6 Å². The Hall–Kier alpha value is -2.14. The molecule has 1 saturated heterocycles. The predicted octanol–water partition coefficient (Wildman–Crippen LogP) is 2.72. The highest BCUT2D eigenvalue weighted by Gasteiger charge is 2.39. The largest absolute Gasteiger partial charge is 0.388 e. The zero-order valence-corrected chi connectivity index (χ0v) is 12.8. The third-order valence-electron chi connectivity index (χ3n) is 4.12. The lowest BCUT2D eigenvalue weighted by molar-refractivity contribution is -0.00104. The van der Waals surface area contributed by atoms with Crippen LogP contribution in [0.1, 0.15) is 37.2 Å². The highest BCUT2D eigenvalue weighted by Crippen LogP contribution is 2.29. The first kappa shape index (κ1) is 14.8. The third kappa shape index (κ3) is 2.76. The minimum absolute atomic E-state index is 0.190. The van der Waals surface area contributed by atoms with Crippen LogP contribution in [0, 0.1) is 0 Å². The number of hydrogen-bond acceptors (Lipinski definition) is 4. The van der Waals surface area contributed by atoms with Gasteiger partial charge in [-0.3, -0.25) is 4.79 Å². The first-order valence-corrected chi connectivity index (χ1v) is 7.52. The Balaban J connectivity index is 1.83. The fourth-order valence-corrected chi connectivity index (χ4v) is 3.01. The van der Waals surface area contributed by atoms with Crippen molar-refractivity contribution in [3.63, 3.8) is 0 Å². The lowest BCUT2D eigenvalue weighted by atomic mass is 9.96. The van der Waals surface area contributed by atoms with E-state index in [1.54, 1.807) is 24.8 Å². The molecule has 1 unspecified atom stereocenters. The van der Waals surface area contributed by atoms with E-state index in [9.17, 15) is 9.90 Å². The molecule has 1 atom stereocenters. The van der Waals surface area contributed by atoms with Crippen LogP contribution >= 0.6 is 0 Å². The minimum Gasteiger partial charge on any atom is -0.388 e. The number of likely N-dealkylation sites (tertiary alicyclic amines) is 1. The highest BCUT2D eigenvalue weighted by molar-refractivity contribution is 5.93. The van der Waals surface area contributed by atoms with Crippen molar-refractivity contribution in [2.45, 2.75) is 38.3 Å². The van der Waals surface area contributed by atoms with Crippen molar-refractivity contribution in [2.75, 3.05) is 6.54 Å². The van der Waals surface area contributed by atoms with Gasteiger partial charge in [-0.2, -0.15) is 0 Å². The first-order valence-electron chi connectivity index (χ1n) is 7.52. The van der Waals surface area contributed by atoms with E-state index in [0.717, 1.165) is 18.4 Å². The van der Waals surface area contributed by atoms with Crippen molar-refractivity contribution in [1.29, 1.82) is 0 Å². The predicted molar refractivity (Wildman–Crippen MR) is 82.3 cm³/mol. The Morgan fingerprint density at radius 1 is 1.36 bits per heavy atom. The Labute approximate surface area is 129 Å². The molecule has 1 aliphatic heterocycles. The van der Waals surface area contributed by atoms with Gasteiger partial charge in [-0.15, -0.1) is 0 Å². The van der Waals surface area contributed by atoms with Crippen molar-refractivity contribution in [3.05, 3.63) is 42.2 Å². The molecule has 0 saturated carbocycles. The van der Waals surface area contributed by atoms with Crippen LogP contribution in [0.2, 0.25) is 0 Å². The molecule has 2 heterocycles. The molecule has 116 valence electrons. The maximum Gasteiger partial charge on any atom is 0.292 e. The average Bonchev–Trinajstić information content (AvgIpc) is 3.16. The Bertz CT molecular complexity index is 658. The topological polar surface area (TPSA) is 66.6 Å². The van der Waals surface area contributed by atoms with Crippen LogP contribution in [-0.4, -0.2) is 39.3 Å². The van der Waals surface area contributed by atoms with Crippen molar-refractivity contribution >= 4 is 5.91 Å².